The molecule has 0 spiro atoms. The SMILES string of the molecule is CCCCCCCCCCC/C=C/CCC1NC=CN1CCN. The van der Waals surface area contributed by atoms with E-state index in [4.69, 9.17) is 5.73 Å². The fourth-order valence-corrected chi connectivity index (χ4v) is 3.14. The van der Waals surface area contributed by atoms with Gasteiger partial charge in [-0.3, -0.25) is 0 Å². The molecule has 0 saturated heterocycles. The fraction of sp³-hybridized carbons (Fsp3) is 0.800. The minimum atomic E-state index is 0.441. The highest BCUT2D eigenvalue weighted by Crippen LogP contribution is 2.12. The highest BCUT2D eigenvalue weighted by atomic mass is 15.3. The molecule has 1 aliphatic heterocycles. The second-order valence-electron chi connectivity index (χ2n) is 6.69. The third-order valence-corrected chi connectivity index (χ3v) is 4.59. The molecule has 1 aliphatic rings. The highest BCUT2D eigenvalue weighted by Gasteiger charge is 2.15. The lowest BCUT2D eigenvalue weighted by atomic mass is 10.1. The van der Waals surface area contributed by atoms with E-state index in [9.17, 15) is 0 Å². The molecule has 1 rings (SSSR count). The van der Waals surface area contributed by atoms with Gasteiger partial charge in [-0.15, -0.1) is 0 Å². The number of hydrogen-bond acceptors (Lipinski definition) is 3. The van der Waals surface area contributed by atoms with E-state index in [1.807, 2.05) is 6.20 Å². The molecule has 1 atom stereocenters. The van der Waals surface area contributed by atoms with E-state index in [2.05, 4.69) is 35.5 Å². The van der Waals surface area contributed by atoms with Crippen LogP contribution in [0.4, 0.5) is 0 Å². The Hall–Kier alpha value is -0.960. The van der Waals surface area contributed by atoms with Gasteiger partial charge in [0.25, 0.3) is 0 Å². The molecule has 3 N–H and O–H groups in total. The van der Waals surface area contributed by atoms with Crippen molar-refractivity contribution < 1.29 is 0 Å². The van der Waals surface area contributed by atoms with Crippen molar-refractivity contribution in [1.82, 2.24) is 10.2 Å². The van der Waals surface area contributed by atoms with Crippen LogP contribution < -0.4 is 11.1 Å². The van der Waals surface area contributed by atoms with E-state index >= 15 is 0 Å². The zero-order chi connectivity index (χ0) is 16.6. The van der Waals surface area contributed by atoms with E-state index in [0.717, 1.165) is 25.9 Å². The number of allylic oxidation sites excluding steroid dienone is 2. The topological polar surface area (TPSA) is 41.3 Å². The number of hydrogen-bond donors (Lipinski definition) is 2. The Morgan fingerprint density at radius 3 is 2.30 bits per heavy atom. The zero-order valence-electron chi connectivity index (χ0n) is 15.3. The third-order valence-electron chi connectivity index (χ3n) is 4.59. The lowest BCUT2D eigenvalue weighted by Gasteiger charge is -2.24. The number of unbranched alkanes of at least 4 members (excludes halogenated alkanes) is 9. The molecule has 3 nitrogen and oxygen atoms in total. The van der Waals surface area contributed by atoms with Gasteiger partial charge in [0.1, 0.15) is 0 Å². The molecule has 1 unspecified atom stereocenters. The monoisotopic (exact) mass is 321 g/mol. The number of nitrogens with two attached hydrogens (primary N) is 1. The molecule has 0 saturated carbocycles. The average Bonchev–Trinajstić information content (AvgIpc) is 2.99. The van der Waals surface area contributed by atoms with Gasteiger partial charge in [-0.1, -0.05) is 70.4 Å². The maximum Gasteiger partial charge on any atom is 0.0984 e. The van der Waals surface area contributed by atoms with E-state index in [1.165, 1.54) is 64.2 Å². The van der Waals surface area contributed by atoms with E-state index in [0.29, 0.717) is 6.17 Å². The van der Waals surface area contributed by atoms with Gasteiger partial charge in [-0.2, -0.15) is 0 Å². The van der Waals surface area contributed by atoms with Gasteiger partial charge in [0, 0.05) is 25.5 Å². The molecule has 0 aliphatic carbocycles. The van der Waals surface area contributed by atoms with Crippen LogP contribution in [0.5, 0.6) is 0 Å². The Morgan fingerprint density at radius 1 is 0.957 bits per heavy atom. The lowest BCUT2D eigenvalue weighted by Crippen LogP contribution is -2.37. The van der Waals surface area contributed by atoms with Gasteiger partial charge in [0.15, 0.2) is 0 Å². The molecule has 3 heteroatoms. The third kappa shape index (κ3) is 10.4. The van der Waals surface area contributed by atoms with Gasteiger partial charge < -0.3 is 16.0 Å². The molecule has 0 bridgehead atoms. The van der Waals surface area contributed by atoms with Crippen LogP contribution in [0, 0.1) is 0 Å². The first kappa shape index (κ1) is 20.1. The van der Waals surface area contributed by atoms with Crippen molar-refractivity contribution in [2.45, 2.75) is 90.1 Å². The number of rotatable bonds is 15. The molecule has 23 heavy (non-hydrogen) atoms. The van der Waals surface area contributed by atoms with Crippen molar-refractivity contribution in [2.75, 3.05) is 13.1 Å². The second kappa shape index (κ2) is 14.6. The van der Waals surface area contributed by atoms with E-state index < -0.39 is 0 Å². The summed E-state index contributed by atoms with van der Waals surface area (Å²) < 4.78 is 0. The van der Waals surface area contributed by atoms with E-state index in [-0.39, 0.29) is 0 Å². The number of nitrogens with one attached hydrogen (secondary N) is 1. The summed E-state index contributed by atoms with van der Waals surface area (Å²) in [6.07, 6.45) is 25.6. The molecule has 0 aromatic heterocycles. The van der Waals surface area contributed by atoms with Crippen molar-refractivity contribution in [3.05, 3.63) is 24.6 Å². The standard InChI is InChI=1S/C20H39N3/c1-2-3-4-5-6-7-8-9-10-11-12-13-14-15-20-22-17-19-23(20)18-16-21/h12-13,17,19-20,22H,2-11,14-16,18,21H2,1H3/b13-12+. The molecule has 1 heterocycles. The van der Waals surface area contributed by atoms with Crippen molar-refractivity contribution in [3.63, 3.8) is 0 Å². The van der Waals surface area contributed by atoms with Crippen LogP contribution in [-0.4, -0.2) is 24.2 Å². The Balaban J connectivity index is 1.85. The van der Waals surface area contributed by atoms with Gasteiger partial charge in [0.2, 0.25) is 0 Å². The smallest absolute Gasteiger partial charge is 0.0984 e. The molecule has 0 amide bonds. The highest BCUT2D eigenvalue weighted by molar-refractivity contribution is 4.95. The number of nitrogens with zero attached hydrogens (tertiary/aromatic N) is 1. The first-order valence-electron chi connectivity index (χ1n) is 9.92. The van der Waals surface area contributed by atoms with Crippen molar-refractivity contribution >= 4 is 0 Å². The van der Waals surface area contributed by atoms with Crippen molar-refractivity contribution in [3.8, 4) is 0 Å². The summed E-state index contributed by atoms with van der Waals surface area (Å²) in [6.45, 7) is 3.94. The van der Waals surface area contributed by atoms with Crippen LogP contribution in [0.2, 0.25) is 0 Å². The first-order chi connectivity index (χ1) is 11.4. The predicted molar refractivity (Wildman–Crippen MR) is 102 cm³/mol. The van der Waals surface area contributed by atoms with Crippen LogP contribution in [0.1, 0.15) is 84.0 Å². The van der Waals surface area contributed by atoms with Crippen LogP contribution in [-0.2, 0) is 0 Å². The Labute approximate surface area is 144 Å². The van der Waals surface area contributed by atoms with E-state index in [1.54, 1.807) is 0 Å². The summed E-state index contributed by atoms with van der Waals surface area (Å²) in [5.74, 6) is 0. The summed E-state index contributed by atoms with van der Waals surface area (Å²) in [5, 5.41) is 3.39. The van der Waals surface area contributed by atoms with Crippen LogP contribution in [0.15, 0.2) is 24.6 Å². The fourth-order valence-electron chi connectivity index (χ4n) is 3.14. The van der Waals surface area contributed by atoms with Gasteiger partial charge >= 0.3 is 0 Å². The predicted octanol–water partition coefficient (Wildman–Crippen LogP) is 4.90. The summed E-state index contributed by atoms with van der Waals surface area (Å²) in [4.78, 5) is 2.30. The van der Waals surface area contributed by atoms with Crippen molar-refractivity contribution in [2.24, 2.45) is 5.73 Å². The molecule has 0 radical (unpaired) electrons. The summed E-state index contributed by atoms with van der Waals surface area (Å²) in [6, 6.07) is 0. The van der Waals surface area contributed by atoms with Gasteiger partial charge in [0.05, 0.1) is 6.17 Å². The van der Waals surface area contributed by atoms with Crippen molar-refractivity contribution in [1.29, 1.82) is 0 Å². The van der Waals surface area contributed by atoms with Gasteiger partial charge in [-0.25, -0.2) is 0 Å². The van der Waals surface area contributed by atoms with Crippen LogP contribution >= 0.6 is 0 Å². The minimum Gasteiger partial charge on any atom is -0.370 e. The Kier molecular flexibility index (Phi) is 12.8. The Bertz CT molecular complexity index is 312. The normalized spacial score (nSPS) is 17.3. The quantitative estimate of drug-likeness (QED) is 0.333. The molecular formula is C20H39N3. The Morgan fingerprint density at radius 2 is 1.61 bits per heavy atom. The summed E-state index contributed by atoms with van der Waals surface area (Å²) in [5.41, 5.74) is 5.63. The summed E-state index contributed by atoms with van der Waals surface area (Å²) in [7, 11) is 0. The molecular weight excluding hydrogens is 282 g/mol. The second-order valence-corrected chi connectivity index (χ2v) is 6.69. The maximum absolute atomic E-state index is 5.63. The summed E-state index contributed by atoms with van der Waals surface area (Å²) >= 11 is 0. The lowest BCUT2D eigenvalue weighted by molar-refractivity contribution is 0.272. The first-order valence-corrected chi connectivity index (χ1v) is 9.92. The molecule has 0 aromatic rings. The zero-order valence-corrected chi connectivity index (χ0v) is 15.3. The molecule has 0 aromatic carbocycles. The van der Waals surface area contributed by atoms with Gasteiger partial charge in [-0.05, 0) is 25.7 Å². The van der Waals surface area contributed by atoms with Crippen LogP contribution in [0.25, 0.3) is 0 Å². The van der Waals surface area contributed by atoms with Crippen LogP contribution in [0.3, 0.4) is 0 Å². The maximum atomic E-state index is 5.63. The molecule has 134 valence electrons. The largest absolute Gasteiger partial charge is 0.370 e. The average molecular weight is 322 g/mol. The molecule has 0 fully saturated rings. The minimum absolute atomic E-state index is 0.441.